The third kappa shape index (κ3) is 18.4. The first-order chi connectivity index (χ1) is 51.8. The molecule has 0 aromatic heterocycles. The summed E-state index contributed by atoms with van der Waals surface area (Å²) < 4.78 is 60.9. The predicted octanol–water partition coefficient (Wildman–Crippen LogP) is 2.89. The van der Waals surface area contributed by atoms with Crippen molar-refractivity contribution < 1.29 is 156 Å². The minimum absolute atomic E-state index is 0. The number of primary amides is 1. The van der Waals surface area contributed by atoms with Crippen LogP contribution in [0.15, 0.2) is 78.9 Å². The summed E-state index contributed by atoms with van der Waals surface area (Å²) in [5.74, 6) is -18.3. The minimum atomic E-state index is -2.18. The molecule has 18 N–H and O–H groups in total. The van der Waals surface area contributed by atoms with Crippen molar-refractivity contribution in [2.24, 2.45) is 29.2 Å². The van der Waals surface area contributed by atoms with Gasteiger partial charge in [-0.2, -0.15) is 0 Å². The summed E-state index contributed by atoms with van der Waals surface area (Å²) in [6.45, 7) is 9.73. The van der Waals surface area contributed by atoms with Gasteiger partial charge in [0.25, 0.3) is 0 Å². The number of amides is 5. The van der Waals surface area contributed by atoms with Crippen LogP contribution in [0.25, 0.3) is 11.1 Å². The number of aliphatic hydroxyl groups excluding tert-OH is 6. The van der Waals surface area contributed by atoms with Gasteiger partial charge in [0.1, 0.15) is 65.9 Å². The van der Waals surface area contributed by atoms with E-state index in [1.54, 1.807) is 0 Å². The Morgan fingerprint density at radius 3 is 2.08 bits per heavy atom. The number of carbonyl (C=O) groups is 8. The van der Waals surface area contributed by atoms with Crippen LogP contribution in [0, 0.1) is 23.8 Å². The van der Waals surface area contributed by atoms with E-state index in [0.29, 0.717) is 0 Å². The van der Waals surface area contributed by atoms with Gasteiger partial charge in [-0.15, -0.1) is 11.6 Å². The third-order valence-corrected chi connectivity index (χ3v) is 20.8. The Kier molecular flexibility index (Phi) is 26.5. The third-order valence-electron chi connectivity index (χ3n) is 20.5. The number of nitrogens with one attached hydrogen (secondary N) is 5. The van der Waals surface area contributed by atoms with Gasteiger partial charge in [-0.1, -0.05) is 74.3 Å². The molecule has 22 atom stereocenters. The molecule has 5 amide bonds. The number of aromatic hydroxyl groups is 3. The first-order valence-electron chi connectivity index (χ1n) is 36.1. The van der Waals surface area contributed by atoms with E-state index in [0.717, 1.165) is 31.2 Å². The number of phenolic OH excluding ortho intramolecular Hbond substituents is 3. The van der Waals surface area contributed by atoms with Gasteiger partial charge < -0.3 is 122 Å². The number of nitrogens with two attached hydrogens (primary N) is 2. The monoisotopic (exact) mass is 1630 g/mol. The van der Waals surface area contributed by atoms with Crippen LogP contribution in [-0.2, 0) is 94.7 Å². The van der Waals surface area contributed by atoms with E-state index in [-0.39, 0.29) is 108 Å². The molecule has 5 aromatic carbocycles. The van der Waals surface area contributed by atoms with E-state index < -0.39 is 246 Å². The maximum Gasteiger partial charge on any atom is 0.246 e. The largest absolute Gasteiger partial charge is 0.534 e. The summed E-state index contributed by atoms with van der Waals surface area (Å²) >= 11 is 7.16. The van der Waals surface area contributed by atoms with Gasteiger partial charge in [-0.05, 0) is 123 Å². The van der Waals surface area contributed by atoms with Crippen molar-refractivity contribution in [3.63, 3.8) is 0 Å². The number of aliphatic hydroxyl groups is 6. The molecular formula is C76H91ClN7O25Y-. The maximum absolute atomic E-state index is 16.5. The van der Waals surface area contributed by atoms with Gasteiger partial charge in [0.15, 0.2) is 47.5 Å². The van der Waals surface area contributed by atoms with Crippen LogP contribution in [0.5, 0.6) is 46.0 Å². The molecule has 8 aliphatic heterocycles. The van der Waals surface area contributed by atoms with Crippen molar-refractivity contribution in [2.75, 3.05) is 13.7 Å². The molecule has 0 aliphatic carbocycles. The van der Waals surface area contributed by atoms with Crippen LogP contribution < -0.4 is 52.3 Å². The molecule has 0 saturated carbocycles. The second-order valence-corrected chi connectivity index (χ2v) is 29.6. The maximum atomic E-state index is 16.5. The topological polar surface area (TPSA) is 505 Å². The molecule has 32 nitrogen and oxygen atoms in total. The van der Waals surface area contributed by atoms with Crippen molar-refractivity contribution in [1.82, 2.24) is 26.6 Å². The van der Waals surface area contributed by atoms with Crippen LogP contribution >= 0.6 is 11.6 Å². The van der Waals surface area contributed by atoms with Crippen molar-refractivity contribution >= 4 is 58.5 Å². The number of benzene rings is 5. The van der Waals surface area contributed by atoms with Crippen LogP contribution in [0.2, 0.25) is 5.02 Å². The smallest absolute Gasteiger partial charge is 0.246 e. The van der Waals surface area contributed by atoms with Crippen molar-refractivity contribution in [3.8, 4) is 57.1 Å². The summed E-state index contributed by atoms with van der Waals surface area (Å²) in [5, 5.41) is 117. The Labute approximate surface area is 663 Å². The standard InChI is InChI=1S/C76H91ClN7O25.Y/c1-30(2)17-46(80-8)73(100)83-61-49(90)21-39(24-55(78)92)71(98)82-60-38-22-52(68(53(23-38)105-51-16-12-37(64(61)94)20-45(51)77)109-75-69(66(96)65(95)54(29-85)106-75)107-56-18-31(3)63(93)33(5)102-56)104-41-13-9-35(10-14-41)67(108-57-28-76(7,79)70(97)34(6)103-57)62-74(101)81-59(32(4)86)44-25-40(87)26-48(89)58(44)43-19-36(11-15-47(43)88)42(27-50(60)91)72(99)84-62;/h9-16,19-20,22-23,25,30-31,33-34,39,42,46,54,56-57,59-67,69-70,75,80,85,87-89,93-97H,17-18,21,24,27-29,79H2,1-8H3,(H2,78,92)(H,81,101)(H,82,98)(H,83,100)(H,84,99);/q-1;/i31T;. The molecule has 8 aliphatic rings. The van der Waals surface area contributed by atoms with E-state index in [2.05, 4.69) is 32.7 Å². The van der Waals surface area contributed by atoms with Crippen LogP contribution in [-0.4, -0.2) is 198 Å². The number of Topliss-reactive ketones (excluding diaryl/α,β-unsaturated/α-hetero) is 3. The van der Waals surface area contributed by atoms with Gasteiger partial charge in [-0.3, -0.25) is 38.4 Å². The summed E-state index contributed by atoms with van der Waals surface area (Å²) in [6.07, 6.45) is -24.1. The summed E-state index contributed by atoms with van der Waals surface area (Å²) in [5.41, 5.74) is 9.48. The Bertz CT molecular complexity index is 4350. The average molecular weight is 1630 g/mol. The Morgan fingerprint density at radius 1 is 0.773 bits per heavy atom. The van der Waals surface area contributed by atoms with Crippen molar-refractivity contribution in [1.29, 1.82) is 0 Å². The Balaban J connectivity index is 0.0000131. The first kappa shape index (κ1) is 83.1. The SMILES string of the molecule is [3H]C1(C)CC(OC2C(Oc3c4cc5cc3Oc3ccc(cc3Cl)C(O)C(NC(=O)C(CC(C)C)NC)C(=O)CC(CC(N)=O)C(=O)NC5C(=O)CC3C(=O)NC(C(=O)NC(C(C)=O)c5cc(O)[c-]c(O)c5-c5cc3ccc5O)C(OC3CC(C)(N)C(O)C(C)O3)c3ccc(cc3)O4)OC(CO)C(O)C2O)OC(C)C1O.[Y]. The van der Waals surface area contributed by atoms with E-state index in [1.807, 2.05) is 13.8 Å². The fourth-order valence-corrected chi connectivity index (χ4v) is 14.8. The number of carbonyl (C=O) groups excluding carboxylic acids is 8. The molecule has 1 radical (unpaired) electrons. The van der Waals surface area contributed by atoms with E-state index in [4.69, 9.17) is 62.3 Å². The van der Waals surface area contributed by atoms with E-state index >= 15 is 24.0 Å². The summed E-state index contributed by atoms with van der Waals surface area (Å²) in [7, 11) is 1.50. The summed E-state index contributed by atoms with van der Waals surface area (Å²) in [4.78, 5) is 121. The van der Waals surface area contributed by atoms with Gasteiger partial charge in [0, 0.05) is 83.2 Å². The molecule has 3 fully saturated rings. The van der Waals surface area contributed by atoms with Crippen molar-refractivity contribution in [2.45, 2.75) is 209 Å². The second kappa shape index (κ2) is 35.0. The molecule has 34 heteroatoms. The Morgan fingerprint density at radius 2 is 1.45 bits per heavy atom. The zero-order chi connectivity index (χ0) is 80.0. The number of ketones is 3. The molecule has 8 heterocycles. The molecule has 11 bridgehead atoms. The number of hydrogen-bond donors (Lipinski definition) is 16. The van der Waals surface area contributed by atoms with Crippen LogP contribution in [0.4, 0.5) is 0 Å². The number of fused-ring (bicyclic) bond motifs is 15. The first-order valence-corrected chi connectivity index (χ1v) is 35.9. The number of ether oxygens (including phenoxy) is 8. The normalized spacial score (nSPS) is 32.4. The fraction of sp³-hybridized carbons (Fsp3) is 0.500. The molecule has 3 saturated heterocycles. The Hall–Kier alpha value is -7.87. The van der Waals surface area contributed by atoms with Crippen molar-refractivity contribution in [3.05, 3.63) is 118 Å². The van der Waals surface area contributed by atoms with E-state index in [9.17, 15) is 60.3 Å². The predicted molar refractivity (Wildman–Crippen MR) is 382 cm³/mol. The van der Waals surface area contributed by atoms with Crippen LogP contribution in [0.1, 0.15) is 146 Å². The number of hydrogen-bond acceptors (Lipinski definition) is 27. The molecular weight excluding hydrogens is 1540 g/mol. The molecule has 22 unspecified atom stereocenters. The zero-order valence-corrected chi connectivity index (χ0v) is 64.8. The molecule has 0 spiro atoms. The van der Waals surface area contributed by atoms with Gasteiger partial charge in [-0.25, -0.2) is 0 Å². The van der Waals surface area contributed by atoms with Gasteiger partial charge >= 0.3 is 0 Å². The number of phenols is 3. The number of rotatable bonds is 15. The van der Waals surface area contributed by atoms with Crippen LogP contribution in [0.3, 0.4) is 0 Å². The second-order valence-electron chi connectivity index (χ2n) is 29.2. The molecule has 5 aromatic rings. The van der Waals surface area contributed by atoms with Gasteiger partial charge in [0.05, 0.1) is 60.0 Å². The van der Waals surface area contributed by atoms with Gasteiger partial charge in [0.2, 0.25) is 41.6 Å². The zero-order valence-electron chi connectivity index (χ0n) is 62.2. The minimum Gasteiger partial charge on any atom is -0.534 e. The van der Waals surface area contributed by atoms with E-state index in [1.165, 1.54) is 89.3 Å². The number of halogens is 1. The number of likely N-dealkylation sites (N-methyl/N-ethyl adjacent to an activating group) is 1. The quantitative estimate of drug-likeness (QED) is 0.0670. The fourth-order valence-electron chi connectivity index (χ4n) is 14.6. The molecule has 13 rings (SSSR count). The average Bonchev–Trinajstić information content (AvgIpc) is 0.762. The molecule has 110 heavy (non-hydrogen) atoms. The molecule has 591 valence electrons. The summed E-state index contributed by atoms with van der Waals surface area (Å²) in [6, 6.07) is 9.31.